The summed E-state index contributed by atoms with van der Waals surface area (Å²) in [5, 5.41) is 74.5. The van der Waals surface area contributed by atoms with Crippen LogP contribution in [0.2, 0.25) is 0 Å². The zero-order valence-electron chi connectivity index (χ0n) is 29.9. The number of carbonyl (C=O) groups excluding carboxylic acids is 10. The summed E-state index contributed by atoms with van der Waals surface area (Å²) in [4.78, 5) is 139. The van der Waals surface area contributed by atoms with Crippen molar-refractivity contribution in [2.75, 3.05) is 19.7 Å². The number of nitrogens with two attached hydrogens (primary N) is 1. The van der Waals surface area contributed by atoms with Gasteiger partial charge in [-0.25, -0.2) is 4.79 Å². The zero-order chi connectivity index (χ0) is 42.5. The van der Waals surface area contributed by atoms with Gasteiger partial charge in [0.25, 0.3) is 17.7 Å². The number of Topliss-reactive ketones (excluding diaryl/α,β-unsaturated/α-hetero) is 2. The molecular weight excluding hydrogens is 744 g/mol. The lowest BCUT2D eigenvalue weighted by atomic mass is 9.87. The predicted octanol–water partition coefficient (Wildman–Crippen LogP) is -9.50. The van der Waals surface area contributed by atoms with Crippen molar-refractivity contribution >= 4 is 64.8 Å². The Bertz CT molecular complexity index is 1520. The van der Waals surface area contributed by atoms with E-state index in [0.29, 0.717) is 0 Å². The molecule has 25 heteroatoms. The minimum absolute atomic E-state index is 0.800. The Balaban J connectivity index is 3.80. The van der Waals surface area contributed by atoms with Gasteiger partial charge in [0.15, 0.2) is 11.9 Å². The van der Waals surface area contributed by atoms with Crippen molar-refractivity contribution in [2.45, 2.75) is 88.7 Å². The summed E-state index contributed by atoms with van der Waals surface area (Å²) in [5.41, 5.74) is 5.04. The quantitative estimate of drug-likeness (QED) is 0.0721. The molecule has 1 saturated heterocycles. The fraction of sp³-hybridized carbons (Fsp3) is 0.633. The first-order valence-corrected chi connectivity index (χ1v) is 16.4. The van der Waals surface area contributed by atoms with E-state index >= 15 is 0 Å². The molecule has 0 aromatic rings. The Labute approximate surface area is 311 Å². The molecule has 15 N–H and O–H groups in total. The molecule has 1 rings (SSSR count). The van der Waals surface area contributed by atoms with E-state index in [1.807, 2.05) is 31.9 Å². The van der Waals surface area contributed by atoms with E-state index in [2.05, 4.69) is 0 Å². The molecule has 0 aromatic carbocycles. The molecule has 25 nitrogen and oxygen atoms in total. The van der Waals surface area contributed by atoms with Gasteiger partial charge in [-0.05, 0) is 12.8 Å². The first-order valence-electron chi connectivity index (χ1n) is 16.4. The molecule has 1 aliphatic rings. The van der Waals surface area contributed by atoms with Gasteiger partial charge in [-0.1, -0.05) is 13.8 Å². The lowest BCUT2D eigenvalue weighted by Gasteiger charge is -2.30. The highest BCUT2D eigenvalue weighted by Gasteiger charge is 2.41. The Kier molecular flexibility index (Phi) is 18.4. The van der Waals surface area contributed by atoms with Gasteiger partial charge in [0, 0.05) is 25.8 Å². The highest BCUT2D eigenvalue weighted by molar-refractivity contribution is 6.35. The maximum absolute atomic E-state index is 13.5. The lowest BCUT2D eigenvalue weighted by Crippen LogP contribution is -2.64. The summed E-state index contributed by atoms with van der Waals surface area (Å²) in [7, 11) is 0. The fourth-order valence-corrected chi connectivity index (χ4v) is 4.72. The van der Waals surface area contributed by atoms with Crippen molar-refractivity contribution < 1.29 is 83.4 Å². The largest absolute Gasteiger partial charge is 0.479 e. The number of nitrogens with one attached hydrogen (secondary N) is 7. The highest BCUT2D eigenvalue weighted by atomic mass is 16.4. The van der Waals surface area contributed by atoms with Crippen LogP contribution >= 0.6 is 0 Å². The minimum atomic E-state index is -2.57. The number of carboxylic acids is 1. The summed E-state index contributed by atoms with van der Waals surface area (Å²) in [6, 6.07) is -10.8. The van der Waals surface area contributed by atoms with Crippen molar-refractivity contribution in [1.29, 1.82) is 0 Å². The summed E-state index contributed by atoms with van der Waals surface area (Å²) < 4.78 is 0. The molecule has 0 saturated carbocycles. The minimum Gasteiger partial charge on any atom is -0.479 e. The highest BCUT2D eigenvalue weighted by Crippen LogP contribution is 2.18. The first kappa shape index (κ1) is 47.4. The van der Waals surface area contributed by atoms with E-state index < -0.39 is 157 Å². The van der Waals surface area contributed by atoms with Gasteiger partial charge in [-0.3, -0.25) is 47.9 Å². The average molecular weight is 791 g/mol. The van der Waals surface area contributed by atoms with Crippen LogP contribution in [0.5, 0.6) is 0 Å². The number of amides is 8. The number of hydrogen-bond donors (Lipinski definition) is 14. The smallest absolute Gasteiger partial charge is 0.336 e. The third-order valence-corrected chi connectivity index (χ3v) is 8.04. The Hall–Kier alpha value is -5.63. The molecule has 10 atom stereocenters. The van der Waals surface area contributed by atoms with Crippen molar-refractivity contribution in [2.24, 2.45) is 17.6 Å². The molecule has 0 radical (unpaired) electrons. The standard InChI is InChI=1S/C30H46N8O17/c1-9(2)12-5-15(42)14(8-39)35-25(49)13(6-32-23(47)11(4)41)34-29(53)19(30(54)55)38-26(50)16(43)7-33-27(51)17(10(3)40)36-28(52)18(37-24(12)48)20(44)21(45)22(31)46/h9-10,12-14,16-21,39-40,43-45H,5-8H2,1-4H3,(H2,31,46)(H,32,47)(H,33,51)(H,34,53)(H,35,49)(H,36,52)(H,37,48)(H,38,50)(H,54,55). The molecule has 0 spiro atoms. The van der Waals surface area contributed by atoms with Crippen molar-refractivity contribution in [1.82, 2.24) is 37.2 Å². The molecular formula is C30H46N8O17. The van der Waals surface area contributed by atoms with Gasteiger partial charge in [-0.2, -0.15) is 0 Å². The monoisotopic (exact) mass is 790 g/mol. The summed E-state index contributed by atoms with van der Waals surface area (Å²) in [6.45, 7) is 1.52. The summed E-state index contributed by atoms with van der Waals surface area (Å²) >= 11 is 0. The number of carbonyl (C=O) groups is 11. The number of aliphatic hydroxyl groups excluding tert-OH is 5. The zero-order valence-corrected chi connectivity index (χ0v) is 29.9. The number of hydrogen-bond acceptors (Lipinski definition) is 16. The SMILES string of the molecule is CC(=O)C(=O)NCC1NC(=O)C(C(=O)O)NC(=O)C(O)CNC(=O)C(C(C)O)NC(=O)C(C(O)C(O)C(N)=O)NC(=O)C(C(C)C)CC(=O)C(CO)NC1=O. The third kappa shape index (κ3) is 13.9. The molecule has 55 heavy (non-hydrogen) atoms. The average Bonchev–Trinajstić information content (AvgIpc) is 3.10. The van der Waals surface area contributed by atoms with E-state index in [0.717, 1.165) is 13.8 Å². The molecule has 10 unspecified atom stereocenters. The Morgan fingerprint density at radius 3 is 1.84 bits per heavy atom. The van der Waals surface area contributed by atoms with Crippen molar-refractivity contribution in [3.63, 3.8) is 0 Å². The van der Waals surface area contributed by atoms with Crippen LogP contribution < -0.4 is 43.0 Å². The normalized spacial score (nSPS) is 27.2. The Morgan fingerprint density at radius 2 is 1.35 bits per heavy atom. The van der Waals surface area contributed by atoms with E-state index in [1.165, 1.54) is 13.8 Å². The molecule has 0 bridgehead atoms. The second-order valence-electron chi connectivity index (χ2n) is 12.7. The molecule has 8 amide bonds. The Morgan fingerprint density at radius 1 is 0.782 bits per heavy atom. The fourth-order valence-electron chi connectivity index (χ4n) is 4.72. The predicted molar refractivity (Wildman–Crippen MR) is 178 cm³/mol. The van der Waals surface area contributed by atoms with Crippen LogP contribution in [0, 0.1) is 11.8 Å². The number of ketones is 2. The maximum Gasteiger partial charge on any atom is 0.336 e. The van der Waals surface area contributed by atoms with Gasteiger partial charge in [0.2, 0.25) is 41.4 Å². The van der Waals surface area contributed by atoms with Crippen LogP contribution in [0.1, 0.15) is 34.1 Å². The van der Waals surface area contributed by atoms with Crippen LogP contribution in [0.25, 0.3) is 0 Å². The second kappa shape index (κ2) is 21.3. The number of aliphatic hydroxyl groups is 5. The van der Waals surface area contributed by atoms with Crippen LogP contribution in [-0.4, -0.2) is 170 Å². The van der Waals surface area contributed by atoms with E-state index in [4.69, 9.17) is 5.73 Å². The van der Waals surface area contributed by atoms with Crippen LogP contribution in [0.4, 0.5) is 0 Å². The molecule has 1 aliphatic heterocycles. The van der Waals surface area contributed by atoms with Crippen LogP contribution in [0.15, 0.2) is 0 Å². The molecule has 1 heterocycles. The van der Waals surface area contributed by atoms with Crippen LogP contribution in [-0.2, 0) is 52.7 Å². The number of carboxylic acid groups (broad SMARTS) is 1. The summed E-state index contributed by atoms with van der Waals surface area (Å²) in [6.07, 6.45) is -9.99. The van der Waals surface area contributed by atoms with Gasteiger partial charge < -0.3 is 73.6 Å². The summed E-state index contributed by atoms with van der Waals surface area (Å²) in [5.74, 6) is -18.0. The van der Waals surface area contributed by atoms with Crippen LogP contribution in [0.3, 0.4) is 0 Å². The number of primary amides is 1. The molecule has 308 valence electrons. The lowest BCUT2D eigenvalue weighted by molar-refractivity contribution is -0.148. The van der Waals surface area contributed by atoms with E-state index in [1.54, 1.807) is 5.32 Å². The number of β-amino-alcohol motifs (C(OH)–C–C–N with tert-alkyl or cyclic N) is 1. The van der Waals surface area contributed by atoms with Crippen molar-refractivity contribution in [3.8, 4) is 0 Å². The molecule has 0 aliphatic carbocycles. The van der Waals surface area contributed by atoms with Gasteiger partial charge in [-0.15, -0.1) is 0 Å². The first-order chi connectivity index (χ1) is 25.4. The topological polar surface area (TPSA) is 419 Å². The third-order valence-electron chi connectivity index (χ3n) is 8.04. The van der Waals surface area contributed by atoms with E-state index in [9.17, 15) is 83.4 Å². The van der Waals surface area contributed by atoms with Crippen molar-refractivity contribution in [3.05, 3.63) is 0 Å². The van der Waals surface area contributed by atoms with Gasteiger partial charge in [0.05, 0.1) is 19.3 Å². The maximum atomic E-state index is 13.5. The number of aliphatic carboxylic acids is 1. The molecule has 1 fully saturated rings. The van der Waals surface area contributed by atoms with E-state index in [-0.39, 0.29) is 0 Å². The number of rotatable bonds is 10. The van der Waals surface area contributed by atoms with Gasteiger partial charge in [0.1, 0.15) is 36.4 Å². The molecule has 0 aromatic heterocycles. The second-order valence-corrected chi connectivity index (χ2v) is 12.7. The van der Waals surface area contributed by atoms with Gasteiger partial charge >= 0.3 is 5.97 Å².